The highest BCUT2D eigenvalue weighted by Gasteiger charge is 2.19. The number of hydrazine groups is 1. The van der Waals surface area contributed by atoms with Crippen molar-refractivity contribution < 1.29 is 19.0 Å². The van der Waals surface area contributed by atoms with Crippen LogP contribution in [-0.2, 0) is 6.61 Å². The number of nitrogens with one attached hydrogen (secondary N) is 1. The van der Waals surface area contributed by atoms with E-state index in [1.54, 1.807) is 19.1 Å². The van der Waals surface area contributed by atoms with Crippen molar-refractivity contribution >= 4 is 11.6 Å². The lowest BCUT2D eigenvalue weighted by atomic mass is 10.2. The van der Waals surface area contributed by atoms with Gasteiger partial charge in [0.05, 0.1) is 4.92 Å². The Balaban J connectivity index is 2.13. The second-order valence-electron chi connectivity index (χ2n) is 4.12. The van der Waals surface area contributed by atoms with E-state index in [0.29, 0.717) is 5.56 Å². The molecule has 0 aliphatic rings. The number of amides is 1. The summed E-state index contributed by atoms with van der Waals surface area (Å²) < 4.78 is 10.2. The van der Waals surface area contributed by atoms with Crippen LogP contribution in [0.2, 0.25) is 0 Å². The average Bonchev–Trinajstić information content (AvgIpc) is 2.92. The molecule has 0 aliphatic carbocycles. The largest absolute Gasteiger partial charge is 0.479 e. The summed E-state index contributed by atoms with van der Waals surface area (Å²) in [6, 6.07) is 6.08. The zero-order valence-corrected chi connectivity index (χ0v) is 11.0. The molecule has 0 saturated carbocycles. The van der Waals surface area contributed by atoms with E-state index in [4.69, 9.17) is 15.1 Å². The van der Waals surface area contributed by atoms with Gasteiger partial charge in [0.15, 0.2) is 17.2 Å². The van der Waals surface area contributed by atoms with Crippen molar-refractivity contribution in [2.24, 2.45) is 5.84 Å². The number of para-hydroxylation sites is 1. The number of carbonyl (C=O) groups excluding carboxylic acids is 1. The van der Waals surface area contributed by atoms with E-state index in [9.17, 15) is 14.9 Å². The molecule has 2 rings (SSSR count). The van der Waals surface area contributed by atoms with E-state index in [0.717, 1.165) is 0 Å². The third kappa shape index (κ3) is 3.15. The maximum absolute atomic E-state index is 11.2. The first-order valence-corrected chi connectivity index (χ1v) is 5.86. The van der Waals surface area contributed by atoms with Gasteiger partial charge >= 0.3 is 5.69 Å². The van der Waals surface area contributed by atoms with Gasteiger partial charge in [0.2, 0.25) is 0 Å². The van der Waals surface area contributed by atoms with Crippen LogP contribution in [-0.4, -0.2) is 16.0 Å². The molecule has 0 saturated heterocycles. The number of nitro benzene ring substituents is 1. The second-order valence-corrected chi connectivity index (χ2v) is 4.12. The number of benzene rings is 1. The molecule has 0 unspecified atom stereocenters. The number of hydrogen-bond acceptors (Lipinski definition) is 7. The minimum atomic E-state index is -0.605. The lowest BCUT2D eigenvalue weighted by Crippen LogP contribution is -2.30. The Morgan fingerprint density at radius 1 is 1.57 bits per heavy atom. The number of nitro groups is 1. The molecular weight excluding hydrogens is 280 g/mol. The standard InChI is InChI=1S/C12H12N4O5/c1-7-3-2-4-10(11(7)16(18)19)20-6-8-5-9(15-21-8)12(17)14-13/h2-5H,6,13H2,1H3,(H,14,17). The fraction of sp³-hybridized carbons (Fsp3) is 0.167. The molecule has 0 spiro atoms. The number of nitrogen functional groups attached to an aromatic ring is 1. The van der Waals surface area contributed by atoms with Gasteiger partial charge in [-0.15, -0.1) is 0 Å². The maximum Gasteiger partial charge on any atom is 0.313 e. The van der Waals surface area contributed by atoms with Crippen molar-refractivity contribution in [2.45, 2.75) is 13.5 Å². The van der Waals surface area contributed by atoms with Crippen LogP contribution in [0.25, 0.3) is 0 Å². The second kappa shape index (κ2) is 6.01. The molecule has 9 heteroatoms. The van der Waals surface area contributed by atoms with Gasteiger partial charge in [-0.1, -0.05) is 17.3 Å². The van der Waals surface area contributed by atoms with Crippen LogP contribution in [0, 0.1) is 17.0 Å². The minimum Gasteiger partial charge on any atom is -0.479 e. The lowest BCUT2D eigenvalue weighted by molar-refractivity contribution is -0.386. The van der Waals surface area contributed by atoms with E-state index < -0.39 is 10.8 Å². The van der Waals surface area contributed by atoms with Crippen molar-refractivity contribution in [2.75, 3.05) is 0 Å². The van der Waals surface area contributed by atoms with E-state index in [2.05, 4.69) is 5.16 Å². The van der Waals surface area contributed by atoms with Gasteiger partial charge in [-0.3, -0.25) is 20.3 Å². The molecule has 9 nitrogen and oxygen atoms in total. The van der Waals surface area contributed by atoms with Crippen LogP contribution in [0.3, 0.4) is 0 Å². The summed E-state index contributed by atoms with van der Waals surface area (Å²) in [4.78, 5) is 21.7. The highest BCUT2D eigenvalue weighted by Crippen LogP contribution is 2.30. The first kappa shape index (κ1) is 14.5. The third-order valence-corrected chi connectivity index (χ3v) is 2.68. The number of nitrogens with two attached hydrogens (primary N) is 1. The molecule has 0 atom stereocenters. The minimum absolute atomic E-state index is 0.00478. The summed E-state index contributed by atoms with van der Waals surface area (Å²) in [7, 11) is 0. The Bertz CT molecular complexity index is 682. The number of ether oxygens (including phenoxy) is 1. The number of carbonyl (C=O) groups is 1. The van der Waals surface area contributed by atoms with Gasteiger partial charge < -0.3 is 9.26 Å². The molecule has 0 aliphatic heterocycles. The number of aryl methyl sites for hydroxylation is 1. The van der Waals surface area contributed by atoms with Gasteiger partial charge in [0, 0.05) is 11.6 Å². The molecule has 3 N–H and O–H groups in total. The molecule has 1 aromatic heterocycles. The van der Waals surface area contributed by atoms with Gasteiger partial charge in [-0.2, -0.15) is 0 Å². The fourth-order valence-electron chi connectivity index (χ4n) is 1.69. The highest BCUT2D eigenvalue weighted by atomic mass is 16.6. The normalized spacial score (nSPS) is 10.2. The van der Waals surface area contributed by atoms with Crippen LogP contribution in [0.5, 0.6) is 5.75 Å². The van der Waals surface area contributed by atoms with E-state index in [1.165, 1.54) is 12.1 Å². The molecule has 1 heterocycles. The summed E-state index contributed by atoms with van der Waals surface area (Å²) >= 11 is 0. The summed E-state index contributed by atoms with van der Waals surface area (Å²) in [6.07, 6.45) is 0. The van der Waals surface area contributed by atoms with Crippen LogP contribution in [0.4, 0.5) is 5.69 Å². The van der Waals surface area contributed by atoms with Gasteiger partial charge in [-0.05, 0) is 13.0 Å². The number of hydrogen-bond donors (Lipinski definition) is 2. The monoisotopic (exact) mass is 292 g/mol. The fourth-order valence-corrected chi connectivity index (χ4v) is 1.69. The van der Waals surface area contributed by atoms with Crippen molar-refractivity contribution in [1.82, 2.24) is 10.6 Å². The molecule has 21 heavy (non-hydrogen) atoms. The number of aromatic nitrogens is 1. The molecule has 2 aromatic rings. The predicted octanol–water partition coefficient (Wildman–Crippen LogP) is 1.07. The van der Waals surface area contributed by atoms with Crippen molar-refractivity contribution in [3.63, 3.8) is 0 Å². The quantitative estimate of drug-likeness (QED) is 0.364. The lowest BCUT2D eigenvalue weighted by Gasteiger charge is -2.06. The van der Waals surface area contributed by atoms with Gasteiger partial charge in [-0.25, -0.2) is 5.84 Å². The number of nitrogens with zero attached hydrogens (tertiary/aromatic N) is 2. The highest BCUT2D eigenvalue weighted by molar-refractivity contribution is 5.91. The predicted molar refractivity (Wildman–Crippen MR) is 70.3 cm³/mol. The molecule has 1 aromatic carbocycles. The molecule has 1 amide bonds. The smallest absolute Gasteiger partial charge is 0.313 e. The Hall–Kier alpha value is -2.94. The Labute approximate surface area is 118 Å². The Morgan fingerprint density at radius 3 is 3.00 bits per heavy atom. The zero-order chi connectivity index (χ0) is 15.4. The molecule has 0 bridgehead atoms. The Kier molecular flexibility index (Phi) is 4.14. The first-order chi connectivity index (χ1) is 10.0. The van der Waals surface area contributed by atoms with Crippen molar-refractivity contribution in [1.29, 1.82) is 0 Å². The van der Waals surface area contributed by atoms with E-state index >= 15 is 0 Å². The summed E-state index contributed by atoms with van der Waals surface area (Å²) in [6.45, 7) is 1.51. The maximum atomic E-state index is 11.2. The molecule has 0 radical (unpaired) electrons. The van der Waals surface area contributed by atoms with Gasteiger partial charge in [0.25, 0.3) is 5.91 Å². The number of rotatable bonds is 5. The van der Waals surface area contributed by atoms with E-state index in [-0.39, 0.29) is 29.5 Å². The molecule has 0 fully saturated rings. The van der Waals surface area contributed by atoms with Crippen LogP contribution < -0.4 is 16.0 Å². The SMILES string of the molecule is Cc1cccc(OCc2cc(C(=O)NN)no2)c1[N+](=O)[O-]. The van der Waals surface area contributed by atoms with Crippen LogP contribution in [0.15, 0.2) is 28.8 Å². The third-order valence-electron chi connectivity index (χ3n) is 2.68. The summed E-state index contributed by atoms with van der Waals surface area (Å²) in [5, 5.41) is 14.5. The first-order valence-electron chi connectivity index (χ1n) is 5.86. The zero-order valence-electron chi connectivity index (χ0n) is 11.0. The van der Waals surface area contributed by atoms with Crippen molar-refractivity contribution in [3.8, 4) is 5.75 Å². The van der Waals surface area contributed by atoms with Gasteiger partial charge in [0.1, 0.15) is 6.61 Å². The average molecular weight is 292 g/mol. The summed E-state index contributed by atoms with van der Waals surface area (Å²) in [5.41, 5.74) is 2.27. The topological polar surface area (TPSA) is 134 Å². The molecular formula is C12H12N4O5. The van der Waals surface area contributed by atoms with Crippen LogP contribution in [0.1, 0.15) is 21.8 Å². The van der Waals surface area contributed by atoms with Crippen molar-refractivity contribution in [3.05, 3.63) is 51.4 Å². The summed E-state index contributed by atoms with van der Waals surface area (Å²) in [5.74, 6) is 4.71. The Morgan fingerprint density at radius 2 is 2.33 bits per heavy atom. The van der Waals surface area contributed by atoms with E-state index in [1.807, 2.05) is 5.43 Å². The van der Waals surface area contributed by atoms with Crippen LogP contribution >= 0.6 is 0 Å². The molecule has 110 valence electrons.